The predicted octanol–water partition coefficient (Wildman–Crippen LogP) is -0.643. The Morgan fingerprint density at radius 1 is 1.16 bits per heavy atom. The number of carbonyl (C=O) groups excluding carboxylic acids is 4. The van der Waals surface area contributed by atoms with Crippen LogP contribution in [0, 0.1) is 0 Å². The molecule has 2 aliphatic heterocycles. The molecule has 0 bridgehead atoms. The molecular weight excluding hydrogens is 404 g/mol. The third-order valence-electron chi connectivity index (χ3n) is 5.35. The van der Waals surface area contributed by atoms with Crippen molar-refractivity contribution in [3.05, 3.63) is 53.6 Å². The van der Waals surface area contributed by atoms with E-state index in [4.69, 9.17) is 4.74 Å². The minimum Gasteiger partial charge on any atom is -0.378 e. The van der Waals surface area contributed by atoms with Gasteiger partial charge in [-0.1, -0.05) is 0 Å². The number of amides is 5. The number of aryl methyl sites for hydroxylation is 1. The van der Waals surface area contributed by atoms with Crippen molar-refractivity contribution in [3.63, 3.8) is 0 Å². The fourth-order valence-electron chi connectivity index (χ4n) is 3.66. The molecule has 1 aromatic heterocycles. The summed E-state index contributed by atoms with van der Waals surface area (Å²) in [5.41, 5.74) is -0.722. The summed E-state index contributed by atoms with van der Waals surface area (Å²) >= 11 is 0. The molecule has 11 heteroatoms. The van der Waals surface area contributed by atoms with Gasteiger partial charge in [-0.3, -0.25) is 19.7 Å². The van der Waals surface area contributed by atoms with Crippen molar-refractivity contribution in [2.45, 2.75) is 5.54 Å². The molecule has 2 saturated heterocycles. The van der Waals surface area contributed by atoms with Crippen molar-refractivity contribution in [3.8, 4) is 0 Å². The monoisotopic (exact) mass is 426 g/mol. The highest BCUT2D eigenvalue weighted by atomic mass is 16.5. The van der Waals surface area contributed by atoms with E-state index >= 15 is 0 Å². The summed E-state index contributed by atoms with van der Waals surface area (Å²) in [6.45, 7) is 1.89. The molecule has 2 fully saturated rings. The molecule has 2 aromatic rings. The Labute approximate surface area is 177 Å². The number of hydrogen-bond donors (Lipinski definition) is 3. The van der Waals surface area contributed by atoms with Crippen molar-refractivity contribution < 1.29 is 23.9 Å². The summed E-state index contributed by atoms with van der Waals surface area (Å²) in [6, 6.07) is 5.61. The number of nitrogens with zero attached hydrogens (tertiary/aromatic N) is 3. The first-order valence-electron chi connectivity index (χ1n) is 9.77. The molecule has 4 rings (SSSR count). The third kappa shape index (κ3) is 3.87. The Balaban J connectivity index is 1.46. The molecule has 5 amide bonds. The van der Waals surface area contributed by atoms with Crippen LogP contribution in [0.1, 0.15) is 26.5 Å². The molecule has 0 radical (unpaired) electrons. The van der Waals surface area contributed by atoms with Gasteiger partial charge in [-0.05, 0) is 24.3 Å². The molecule has 11 nitrogen and oxygen atoms in total. The van der Waals surface area contributed by atoms with Gasteiger partial charge in [-0.15, -0.1) is 0 Å². The lowest BCUT2D eigenvalue weighted by atomic mass is 9.98. The van der Waals surface area contributed by atoms with E-state index in [1.54, 1.807) is 47.0 Å². The van der Waals surface area contributed by atoms with Crippen LogP contribution in [0.2, 0.25) is 0 Å². The number of carbonyl (C=O) groups is 4. The van der Waals surface area contributed by atoms with Crippen LogP contribution in [0.25, 0.3) is 0 Å². The van der Waals surface area contributed by atoms with Crippen LogP contribution in [0.5, 0.6) is 0 Å². The van der Waals surface area contributed by atoms with Crippen LogP contribution >= 0.6 is 0 Å². The molecule has 1 atom stereocenters. The summed E-state index contributed by atoms with van der Waals surface area (Å²) in [7, 11) is 1.69. The highest BCUT2D eigenvalue weighted by molar-refractivity contribution is 6.07. The molecule has 3 heterocycles. The average Bonchev–Trinajstić information content (AvgIpc) is 3.34. The number of ether oxygens (including phenoxy) is 1. The number of rotatable bonds is 5. The van der Waals surface area contributed by atoms with Crippen LogP contribution in [-0.4, -0.2) is 71.1 Å². The zero-order chi connectivity index (χ0) is 22.0. The van der Waals surface area contributed by atoms with E-state index in [1.807, 2.05) is 0 Å². The number of imide groups is 1. The maximum absolute atomic E-state index is 12.7. The molecule has 3 N–H and O–H groups in total. The Bertz CT molecular complexity index is 1030. The van der Waals surface area contributed by atoms with E-state index in [9.17, 15) is 19.2 Å². The minimum absolute atomic E-state index is 0.116. The Morgan fingerprint density at radius 2 is 1.84 bits per heavy atom. The highest BCUT2D eigenvalue weighted by Crippen LogP contribution is 2.22. The first-order chi connectivity index (χ1) is 14.9. The zero-order valence-corrected chi connectivity index (χ0v) is 16.9. The molecule has 1 unspecified atom stereocenters. The van der Waals surface area contributed by atoms with Crippen LogP contribution in [0.4, 0.5) is 4.79 Å². The second-order valence-electron chi connectivity index (χ2n) is 7.34. The second-order valence-corrected chi connectivity index (χ2v) is 7.34. The van der Waals surface area contributed by atoms with Crippen LogP contribution < -0.4 is 16.0 Å². The van der Waals surface area contributed by atoms with Gasteiger partial charge in [0.15, 0.2) is 5.54 Å². The Morgan fingerprint density at radius 3 is 2.42 bits per heavy atom. The molecule has 162 valence electrons. The number of aromatic nitrogens is 2. The lowest BCUT2D eigenvalue weighted by molar-refractivity contribution is -0.124. The van der Waals surface area contributed by atoms with Gasteiger partial charge >= 0.3 is 6.03 Å². The van der Waals surface area contributed by atoms with Gasteiger partial charge in [-0.25, -0.2) is 9.78 Å². The smallest absolute Gasteiger partial charge is 0.322 e. The molecule has 1 aromatic carbocycles. The minimum atomic E-state index is -1.52. The fraction of sp³-hybridized carbons (Fsp3) is 0.350. The van der Waals surface area contributed by atoms with E-state index in [1.165, 1.54) is 6.20 Å². The van der Waals surface area contributed by atoms with Crippen molar-refractivity contribution in [2.75, 3.05) is 32.8 Å². The van der Waals surface area contributed by atoms with Crippen molar-refractivity contribution in [1.29, 1.82) is 0 Å². The molecular formula is C20H22N6O5. The molecule has 0 saturated carbocycles. The average molecular weight is 426 g/mol. The van der Waals surface area contributed by atoms with E-state index in [-0.39, 0.29) is 12.5 Å². The van der Waals surface area contributed by atoms with Crippen molar-refractivity contribution >= 4 is 23.8 Å². The fourth-order valence-corrected chi connectivity index (χ4v) is 3.66. The first kappa shape index (κ1) is 20.5. The predicted molar refractivity (Wildman–Crippen MR) is 107 cm³/mol. The van der Waals surface area contributed by atoms with Gasteiger partial charge in [0.05, 0.1) is 19.8 Å². The van der Waals surface area contributed by atoms with E-state index in [2.05, 4.69) is 20.9 Å². The lowest BCUT2D eigenvalue weighted by Gasteiger charge is -2.27. The normalized spacial score (nSPS) is 20.9. The number of benzene rings is 1. The van der Waals surface area contributed by atoms with Crippen LogP contribution in [0.3, 0.4) is 0 Å². The van der Waals surface area contributed by atoms with E-state index in [0.717, 1.165) is 0 Å². The number of imidazole rings is 1. The Hall–Kier alpha value is -3.73. The quantitative estimate of drug-likeness (QED) is 0.545. The van der Waals surface area contributed by atoms with Gasteiger partial charge in [0.1, 0.15) is 5.82 Å². The standard InChI is InChI=1S/C20H22N6O5/c1-25-7-6-21-17(25)20(18(29)23-19(30)24-20)12-22-15(27)13-2-4-14(5-3-13)16(28)26-8-10-31-11-9-26/h2-7H,8-12H2,1H3,(H,22,27)(H2,23,24,29,30). The molecule has 0 spiro atoms. The first-order valence-corrected chi connectivity index (χ1v) is 9.77. The van der Waals surface area contributed by atoms with Gasteiger partial charge in [0.25, 0.3) is 17.7 Å². The van der Waals surface area contributed by atoms with Crippen molar-refractivity contribution in [2.24, 2.45) is 7.05 Å². The highest BCUT2D eigenvalue weighted by Gasteiger charge is 2.50. The molecule has 31 heavy (non-hydrogen) atoms. The molecule has 2 aliphatic rings. The summed E-state index contributed by atoms with van der Waals surface area (Å²) < 4.78 is 6.86. The number of morpholine rings is 1. The second kappa shape index (κ2) is 8.19. The summed E-state index contributed by atoms with van der Waals surface area (Å²) in [5.74, 6) is -0.872. The van der Waals surface area contributed by atoms with Crippen LogP contribution in [-0.2, 0) is 22.1 Å². The summed E-state index contributed by atoms with van der Waals surface area (Å²) in [4.78, 5) is 55.4. The van der Waals surface area contributed by atoms with Gasteiger partial charge < -0.3 is 24.8 Å². The lowest BCUT2D eigenvalue weighted by Crippen LogP contribution is -2.54. The zero-order valence-electron chi connectivity index (χ0n) is 16.9. The van der Waals surface area contributed by atoms with Gasteiger partial charge in [0.2, 0.25) is 0 Å². The van der Waals surface area contributed by atoms with Crippen molar-refractivity contribution in [1.82, 2.24) is 30.4 Å². The maximum atomic E-state index is 12.7. The van der Waals surface area contributed by atoms with Gasteiger partial charge in [-0.2, -0.15) is 0 Å². The largest absolute Gasteiger partial charge is 0.378 e. The van der Waals surface area contributed by atoms with E-state index in [0.29, 0.717) is 43.3 Å². The summed E-state index contributed by atoms with van der Waals surface area (Å²) in [6.07, 6.45) is 3.14. The number of urea groups is 1. The van der Waals surface area contributed by atoms with E-state index < -0.39 is 23.4 Å². The molecule has 0 aliphatic carbocycles. The SMILES string of the molecule is Cn1ccnc1C1(CNC(=O)c2ccc(C(=O)N3CCOCC3)cc2)NC(=O)NC1=O. The topological polar surface area (TPSA) is 135 Å². The summed E-state index contributed by atoms with van der Waals surface area (Å²) in [5, 5.41) is 7.44. The number of hydrogen-bond acceptors (Lipinski definition) is 6. The Kier molecular flexibility index (Phi) is 5.42. The number of nitrogens with one attached hydrogen (secondary N) is 3. The van der Waals surface area contributed by atoms with Gasteiger partial charge in [0, 0.05) is 43.7 Å². The maximum Gasteiger partial charge on any atom is 0.322 e. The third-order valence-corrected chi connectivity index (χ3v) is 5.35. The van der Waals surface area contributed by atoms with Crippen LogP contribution in [0.15, 0.2) is 36.7 Å².